The van der Waals surface area contributed by atoms with Crippen molar-refractivity contribution < 1.29 is 9.53 Å². The maximum atomic E-state index is 11.5. The van der Waals surface area contributed by atoms with E-state index < -0.39 is 0 Å². The first-order chi connectivity index (χ1) is 9.60. The van der Waals surface area contributed by atoms with Crippen LogP contribution in [0.15, 0.2) is 46.9 Å². The molecule has 2 aromatic carbocycles. The van der Waals surface area contributed by atoms with Crippen molar-refractivity contribution in [3.05, 3.63) is 68.7 Å². The fourth-order valence-corrected chi connectivity index (χ4v) is 2.18. The molecule has 0 aliphatic heterocycles. The summed E-state index contributed by atoms with van der Waals surface area (Å²) in [4.78, 5) is 11.5. The zero-order chi connectivity index (χ0) is 14.5. The van der Waals surface area contributed by atoms with E-state index in [1.807, 2.05) is 42.5 Å². The molecular weight excluding hydrogens is 340 g/mol. The van der Waals surface area contributed by atoms with Gasteiger partial charge in [0.25, 0.3) is 0 Å². The van der Waals surface area contributed by atoms with Crippen LogP contribution in [0.25, 0.3) is 12.2 Å². The minimum Gasteiger partial charge on any atom is -0.465 e. The van der Waals surface area contributed by atoms with E-state index in [0.29, 0.717) is 10.6 Å². The second-order valence-corrected chi connectivity index (χ2v) is 5.40. The second kappa shape index (κ2) is 6.73. The Balaban J connectivity index is 2.28. The van der Waals surface area contributed by atoms with Crippen LogP contribution in [0.3, 0.4) is 0 Å². The Morgan fingerprint density at radius 2 is 1.85 bits per heavy atom. The molecule has 0 amide bonds. The number of carbonyl (C=O) groups is 1. The van der Waals surface area contributed by atoms with Crippen LogP contribution in [0.5, 0.6) is 0 Å². The third-order valence-electron chi connectivity index (χ3n) is 2.74. The van der Waals surface area contributed by atoms with Crippen molar-refractivity contribution in [1.82, 2.24) is 0 Å². The van der Waals surface area contributed by atoms with Crippen molar-refractivity contribution in [3.63, 3.8) is 0 Å². The Kier molecular flexibility index (Phi) is 4.99. The predicted octanol–water partition coefficient (Wildman–Crippen LogP) is 5.06. The zero-order valence-corrected chi connectivity index (χ0v) is 13.1. The largest absolute Gasteiger partial charge is 0.465 e. The highest BCUT2D eigenvalue weighted by atomic mass is 79.9. The van der Waals surface area contributed by atoms with Crippen LogP contribution in [0, 0.1) is 0 Å². The van der Waals surface area contributed by atoms with E-state index in [-0.39, 0.29) is 5.97 Å². The summed E-state index contributed by atoms with van der Waals surface area (Å²) in [5, 5.41) is 0.705. The molecule has 0 aromatic heterocycles. The van der Waals surface area contributed by atoms with Gasteiger partial charge in [0.05, 0.1) is 12.7 Å². The smallest absolute Gasteiger partial charge is 0.337 e. The van der Waals surface area contributed by atoms with E-state index in [0.717, 1.165) is 15.6 Å². The van der Waals surface area contributed by atoms with Crippen molar-refractivity contribution in [1.29, 1.82) is 0 Å². The first-order valence-electron chi connectivity index (χ1n) is 5.91. The number of hydrogen-bond acceptors (Lipinski definition) is 2. The summed E-state index contributed by atoms with van der Waals surface area (Å²) in [5.74, 6) is -0.348. The molecule has 0 bridgehead atoms. The van der Waals surface area contributed by atoms with Gasteiger partial charge in [0, 0.05) is 9.50 Å². The monoisotopic (exact) mass is 350 g/mol. The molecule has 0 radical (unpaired) electrons. The van der Waals surface area contributed by atoms with Crippen molar-refractivity contribution in [3.8, 4) is 0 Å². The lowest BCUT2D eigenvalue weighted by molar-refractivity contribution is 0.0600. The number of esters is 1. The van der Waals surface area contributed by atoms with Gasteiger partial charge in [0.2, 0.25) is 0 Å². The molecule has 0 unspecified atom stereocenters. The number of methoxy groups -OCH3 is 1. The number of halogens is 2. The molecule has 0 aliphatic rings. The second-order valence-electron chi connectivity index (χ2n) is 4.11. The highest BCUT2D eigenvalue weighted by Gasteiger charge is 2.06. The summed E-state index contributed by atoms with van der Waals surface area (Å²) in [6.45, 7) is 0. The van der Waals surface area contributed by atoms with E-state index in [2.05, 4.69) is 15.9 Å². The highest BCUT2D eigenvalue weighted by Crippen LogP contribution is 2.21. The Morgan fingerprint density at radius 1 is 1.15 bits per heavy atom. The van der Waals surface area contributed by atoms with Crippen molar-refractivity contribution in [2.45, 2.75) is 0 Å². The first kappa shape index (κ1) is 14.8. The summed E-state index contributed by atoms with van der Waals surface area (Å²) in [7, 11) is 1.37. The molecular formula is C16H12BrClO2. The standard InChI is InChI=1S/C16H12BrClO2/c1-20-16(19)13-6-9-15(17)12(10-13)5-2-11-3-7-14(18)8-4-11/h2-10H,1H3. The van der Waals surface area contributed by atoms with Crippen molar-refractivity contribution >= 4 is 45.7 Å². The van der Waals surface area contributed by atoms with Gasteiger partial charge in [-0.05, 0) is 41.5 Å². The highest BCUT2D eigenvalue weighted by molar-refractivity contribution is 9.10. The Bertz CT molecular complexity index is 648. The number of benzene rings is 2. The van der Waals surface area contributed by atoms with Gasteiger partial charge in [-0.1, -0.05) is 51.8 Å². The van der Waals surface area contributed by atoms with Gasteiger partial charge in [-0.3, -0.25) is 0 Å². The summed E-state index contributed by atoms with van der Waals surface area (Å²) >= 11 is 9.30. The number of ether oxygens (including phenoxy) is 1. The molecule has 0 atom stereocenters. The predicted molar refractivity (Wildman–Crippen MR) is 85.9 cm³/mol. The maximum absolute atomic E-state index is 11.5. The molecule has 0 spiro atoms. The van der Waals surface area contributed by atoms with E-state index in [1.165, 1.54) is 7.11 Å². The average Bonchev–Trinajstić information content (AvgIpc) is 2.47. The van der Waals surface area contributed by atoms with Crippen LogP contribution in [0.4, 0.5) is 0 Å². The van der Waals surface area contributed by atoms with Gasteiger partial charge in [0.15, 0.2) is 0 Å². The molecule has 102 valence electrons. The lowest BCUT2D eigenvalue weighted by Gasteiger charge is -2.03. The Morgan fingerprint density at radius 3 is 2.50 bits per heavy atom. The molecule has 0 aliphatic carbocycles. The van der Waals surface area contributed by atoms with Crippen LogP contribution >= 0.6 is 27.5 Å². The number of carbonyl (C=O) groups excluding carboxylic acids is 1. The molecule has 2 aromatic rings. The van der Waals surface area contributed by atoms with Gasteiger partial charge in [-0.2, -0.15) is 0 Å². The molecule has 0 N–H and O–H groups in total. The Labute approximate surface area is 131 Å². The third kappa shape index (κ3) is 3.71. The quantitative estimate of drug-likeness (QED) is 0.571. The van der Waals surface area contributed by atoms with E-state index >= 15 is 0 Å². The van der Waals surface area contributed by atoms with Gasteiger partial charge in [-0.25, -0.2) is 4.79 Å². The van der Waals surface area contributed by atoms with Gasteiger partial charge in [-0.15, -0.1) is 0 Å². The SMILES string of the molecule is COC(=O)c1ccc(Br)c(C=Cc2ccc(Cl)cc2)c1. The topological polar surface area (TPSA) is 26.3 Å². The minimum atomic E-state index is -0.348. The van der Waals surface area contributed by atoms with Crippen LogP contribution in [-0.2, 0) is 4.74 Å². The van der Waals surface area contributed by atoms with Crippen LogP contribution in [0.1, 0.15) is 21.5 Å². The van der Waals surface area contributed by atoms with Gasteiger partial charge >= 0.3 is 5.97 Å². The van der Waals surface area contributed by atoms with Crippen molar-refractivity contribution in [2.24, 2.45) is 0 Å². The molecule has 0 heterocycles. The van der Waals surface area contributed by atoms with E-state index in [1.54, 1.807) is 12.1 Å². The molecule has 2 rings (SSSR count). The van der Waals surface area contributed by atoms with Gasteiger partial charge < -0.3 is 4.74 Å². The Hall–Kier alpha value is -1.58. The fraction of sp³-hybridized carbons (Fsp3) is 0.0625. The van der Waals surface area contributed by atoms with Gasteiger partial charge in [0.1, 0.15) is 0 Å². The van der Waals surface area contributed by atoms with Crippen LogP contribution in [0.2, 0.25) is 5.02 Å². The van der Waals surface area contributed by atoms with Crippen LogP contribution in [-0.4, -0.2) is 13.1 Å². The molecule has 4 heteroatoms. The molecule has 2 nitrogen and oxygen atoms in total. The molecule has 0 saturated carbocycles. The molecule has 0 fully saturated rings. The van der Waals surface area contributed by atoms with Crippen molar-refractivity contribution in [2.75, 3.05) is 7.11 Å². The first-order valence-corrected chi connectivity index (χ1v) is 7.09. The molecule has 0 saturated heterocycles. The zero-order valence-electron chi connectivity index (χ0n) is 10.8. The van der Waals surface area contributed by atoms with E-state index in [9.17, 15) is 4.79 Å². The van der Waals surface area contributed by atoms with E-state index in [4.69, 9.17) is 16.3 Å². The third-order valence-corrected chi connectivity index (χ3v) is 3.72. The lowest BCUT2D eigenvalue weighted by atomic mass is 10.1. The maximum Gasteiger partial charge on any atom is 0.337 e. The fourth-order valence-electron chi connectivity index (χ4n) is 1.68. The van der Waals surface area contributed by atoms with Crippen LogP contribution < -0.4 is 0 Å². The summed E-state index contributed by atoms with van der Waals surface area (Å²) < 4.78 is 5.63. The number of hydrogen-bond donors (Lipinski definition) is 0. The summed E-state index contributed by atoms with van der Waals surface area (Å²) in [5.41, 5.74) is 2.46. The average molecular weight is 352 g/mol. The minimum absolute atomic E-state index is 0.348. The lowest BCUT2D eigenvalue weighted by Crippen LogP contribution is -2.01. The number of rotatable bonds is 3. The summed E-state index contributed by atoms with van der Waals surface area (Å²) in [6.07, 6.45) is 3.89. The summed E-state index contributed by atoms with van der Waals surface area (Å²) in [6, 6.07) is 12.8. The normalized spacial score (nSPS) is 10.8. The molecule has 20 heavy (non-hydrogen) atoms.